The van der Waals surface area contributed by atoms with E-state index in [-0.39, 0.29) is 17.7 Å². The average Bonchev–Trinajstić information content (AvgIpc) is 3.18. The van der Waals surface area contributed by atoms with Crippen molar-refractivity contribution in [1.82, 2.24) is 25.0 Å². The van der Waals surface area contributed by atoms with Crippen LogP contribution in [0.1, 0.15) is 49.4 Å². The molecule has 3 aromatic rings. The van der Waals surface area contributed by atoms with Crippen molar-refractivity contribution in [3.63, 3.8) is 0 Å². The van der Waals surface area contributed by atoms with Crippen molar-refractivity contribution in [2.24, 2.45) is 0 Å². The smallest absolute Gasteiger partial charge is 0.280 e. The lowest BCUT2D eigenvalue weighted by molar-refractivity contribution is 0.0685. The first-order valence-electron chi connectivity index (χ1n) is 9.59. The molecule has 1 aliphatic rings. The van der Waals surface area contributed by atoms with Crippen LogP contribution in [0.25, 0.3) is 11.3 Å². The third-order valence-corrected chi connectivity index (χ3v) is 5.07. The molecular weight excluding hydrogens is 378 g/mol. The van der Waals surface area contributed by atoms with E-state index in [2.05, 4.69) is 25.6 Å². The quantitative estimate of drug-likeness (QED) is 0.667. The number of aliphatic hydroxyl groups is 1. The number of aryl methyl sites for hydroxylation is 1. The van der Waals surface area contributed by atoms with Crippen molar-refractivity contribution in [2.45, 2.75) is 51.2 Å². The number of hydrogen-bond acceptors (Lipinski definition) is 6. The summed E-state index contributed by atoms with van der Waals surface area (Å²) < 4.78 is 27.5. The number of nitrogens with one attached hydrogen (secondary N) is 1. The minimum absolute atomic E-state index is 0.0575. The molecule has 4 rings (SSSR count). The molecular formula is C20H22F2N6O. The largest absolute Gasteiger partial charge is 0.391 e. The van der Waals surface area contributed by atoms with E-state index in [4.69, 9.17) is 0 Å². The van der Waals surface area contributed by atoms with Crippen LogP contribution in [-0.2, 0) is 0 Å². The minimum atomic E-state index is -2.66. The summed E-state index contributed by atoms with van der Waals surface area (Å²) in [7, 11) is 0. The van der Waals surface area contributed by atoms with Crippen molar-refractivity contribution in [1.29, 1.82) is 0 Å². The molecule has 2 atom stereocenters. The van der Waals surface area contributed by atoms with Gasteiger partial charge in [-0.05, 0) is 49.6 Å². The molecule has 152 valence electrons. The summed E-state index contributed by atoms with van der Waals surface area (Å²) in [4.78, 5) is 7.85. The Morgan fingerprint density at radius 1 is 1.21 bits per heavy atom. The molecule has 7 nitrogen and oxygen atoms in total. The third kappa shape index (κ3) is 4.40. The lowest BCUT2D eigenvalue weighted by Crippen LogP contribution is -2.27. The zero-order valence-electron chi connectivity index (χ0n) is 16.0. The van der Waals surface area contributed by atoms with Gasteiger partial charge in [0.2, 0.25) is 5.95 Å². The molecule has 0 saturated heterocycles. The van der Waals surface area contributed by atoms with Crippen LogP contribution in [-0.4, -0.2) is 36.2 Å². The molecule has 1 fully saturated rings. The zero-order valence-corrected chi connectivity index (χ0v) is 16.0. The van der Waals surface area contributed by atoms with E-state index in [9.17, 15) is 13.9 Å². The fourth-order valence-electron chi connectivity index (χ4n) is 3.66. The first-order valence-corrected chi connectivity index (χ1v) is 9.59. The predicted octanol–water partition coefficient (Wildman–Crippen LogP) is 4.20. The third-order valence-electron chi connectivity index (χ3n) is 5.07. The number of nitrogens with zero attached hydrogens (tertiary/aromatic N) is 5. The van der Waals surface area contributed by atoms with Crippen molar-refractivity contribution >= 4 is 11.6 Å². The Bertz CT molecular complexity index is 993. The standard InChI is InChI=1S/C20H22F2N6O/c1-12-8-13(16-11-28(27-26-16)17-4-2-3-5-18(17)29)10-14(9-12)24-20-23-7-6-15(25-20)19(21)22/h6-11,17-19,29H,2-5H2,1H3,(H,23,24,25). The van der Waals surface area contributed by atoms with Gasteiger partial charge in [0, 0.05) is 17.4 Å². The first kappa shape index (κ1) is 19.4. The summed E-state index contributed by atoms with van der Waals surface area (Å²) in [5.41, 5.74) is 2.80. The Morgan fingerprint density at radius 2 is 2.03 bits per heavy atom. The second-order valence-corrected chi connectivity index (χ2v) is 7.32. The predicted molar refractivity (Wildman–Crippen MR) is 104 cm³/mol. The molecule has 1 aliphatic carbocycles. The topological polar surface area (TPSA) is 88.8 Å². The van der Waals surface area contributed by atoms with Crippen LogP contribution in [0, 0.1) is 6.92 Å². The Balaban J connectivity index is 1.58. The maximum atomic E-state index is 12.9. The van der Waals surface area contributed by atoms with Gasteiger partial charge >= 0.3 is 0 Å². The van der Waals surface area contributed by atoms with Gasteiger partial charge in [0.15, 0.2) is 0 Å². The van der Waals surface area contributed by atoms with Crippen LogP contribution in [0.5, 0.6) is 0 Å². The Labute approximate surface area is 166 Å². The van der Waals surface area contributed by atoms with Crippen molar-refractivity contribution < 1.29 is 13.9 Å². The molecule has 2 N–H and O–H groups in total. The van der Waals surface area contributed by atoms with E-state index in [1.54, 1.807) is 4.68 Å². The van der Waals surface area contributed by atoms with Gasteiger partial charge in [-0.2, -0.15) is 0 Å². The van der Waals surface area contributed by atoms with Gasteiger partial charge in [-0.3, -0.25) is 0 Å². The highest BCUT2D eigenvalue weighted by Crippen LogP contribution is 2.30. The van der Waals surface area contributed by atoms with Crippen molar-refractivity contribution in [2.75, 3.05) is 5.32 Å². The minimum Gasteiger partial charge on any atom is -0.391 e. The van der Waals surface area contributed by atoms with Crippen molar-refractivity contribution in [3.05, 3.63) is 47.9 Å². The highest BCUT2D eigenvalue weighted by Gasteiger charge is 2.25. The fourth-order valence-corrected chi connectivity index (χ4v) is 3.66. The van der Waals surface area contributed by atoms with E-state index in [1.165, 1.54) is 12.3 Å². The van der Waals surface area contributed by atoms with Crippen LogP contribution in [0.4, 0.5) is 20.4 Å². The van der Waals surface area contributed by atoms with E-state index >= 15 is 0 Å². The highest BCUT2D eigenvalue weighted by atomic mass is 19.3. The molecule has 0 spiro atoms. The number of halogens is 2. The molecule has 0 radical (unpaired) electrons. The van der Waals surface area contributed by atoms with E-state index in [1.807, 2.05) is 31.3 Å². The molecule has 2 unspecified atom stereocenters. The molecule has 0 amide bonds. The van der Waals surface area contributed by atoms with E-state index in [0.29, 0.717) is 11.4 Å². The van der Waals surface area contributed by atoms with Crippen LogP contribution in [0.3, 0.4) is 0 Å². The van der Waals surface area contributed by atoms with Gasteiger partial charge in [-0.15, -0.1) is 5.10 Å². The number of anilines is 2. The lowest BCUT2D eigenvalue weighted by atomic mass is 9.93. The Hall–Kier alpha value is -2.94. The molecule has 1 aromatic carbocycles. The maximum Gasteiger partial charge on any atom is 0.280 e. The molecule has 0 aliphatic heterocycles. The second kappa shape index (κ2) is 8.20. The zero-order chi connectivity index (χ0) is 20.4. The van der Waals surface area contributed by atoms with E-state index < -0.39 is 12.5 Å². The van der Waals surface area contributed by atoms with Crippen molar-refractivity contribution in [3.8, 4) is 11.3 Å². The van der Waals surface area contributed by atoms with Crippen LogP contribution < -0.4 is 5.32 Å². The summed E-state index contributed by atoms with van der Waals surface area (Å²) in [6.07, 6.45) is 3.82. The number of aromatic nitrogens is 5. The summed E-state index contributed by atoms with van der Waals surface area (Å²) in [5, 5.41) is 21.7. The average molecular weight is 400 g/mol. The number of benzene rings is 1. The van der Waals surface area contributed by atoms with Crippen LogP contribution in [0.15, 0.2) is 36.7 Å². The molecule has 9 heteroatoms. The molecule has 0 bridgehead atoms. The number of alkyl halides is 2. The van der Waals surface area contributed by atoms with Gasteiger partial charge in [0.1, 0.15) is 11.4 Å². The SMILES string of the molecule is Cc1cc(Nc2nccc(C(F)F)n2)cc(-c2cn(C3CCCCC3O)nn2)c1. The number of hydrogen-bond donors (Lipinski definition) is 2. The second-order valence-electron chi connectivity index (χ2n) is 7.32. The lowest BCUT2D eigenvalue weighted by Gasteiger charge is -2.27. The van der Waals surface area contributed by atoms with Crippen LogP contribution >= 0.6 is 0 Å². The van der Waals surface area contributed by atoms with Crippen LogP contribution in [0.2, 0.25) is 0 Å². The molecule has 29 heavy (non-hydrogen) atoms. The summed E-state index contributed by atoms with van der Waals surface area (Å²) in [6.45, 7) is 1.93. The van der Waals surface area contributed by atoms with E-state index in [0.717, 1.165) is 36.8 Å². The Kier molecular flexibility index (Phi) is 5.48. The summed E-state index contributed by atoms with van der Waals surface area (Å²) in [6, 6.07) is 6.81. The van der Waals surface area contributed by atoms with Gasteiger partial charge in [-0.25, -0.2) is 23.4 Å². The summed E-state index contributed by atoms with van der Waals surface area (Å²) >= 11 is 0. The maximum absolute atomic E-state index is 12.9. The van der Waals surface area contributed by atoms with Gasteiger partial charge < -0.3 is 10.4 Å². The molecule has 2 aromatic heterocycles. The Morgan fingerprint density at radius 3 is 2.83 bits per heavy atom. The highest BCUT2D eigenvalue weighted by molar-refractivity contribution is 5.68. The van der Waals surface area contributed by atoms with Gasteiger partial charge in [0.25, 0.3) is 6.43 Å². The number of rotatable bonds is 5. The van der Waals surface area contributed by atoms with Gasteiger partial charge in [0.05, 0.1) is 18.3 Å². The monoisotopic (exact) mass is 400 g/mol. The summed E-state index contributed by atoms with van der Waals surface area (Å²) in [5.74, 6) is 0.105. The molecule has 2 heterocycles. The van der Waals surface area contributed by atoms with Gasteiger partial charge in [-0.1, -0.05) is 18.1 Å². The number of aliphatic hydroxyl groups excluding tert-OH is 1. The fraction of sp³-hybridized carbons (Fsp3) is 0.400. The molecule has 1 saturated carbocycles. The first-order chi connectivity index (χ1) is 14.0. The normalized spacial score (nSPS) is 19.5.